The third kappa shape index (κ3) is 1.19. The number of carboxylic acid groups (broad SMARTS) is 1. The van der Waals surface area contributed by atoms with Crippen molar-refractivity contribution in [2.45, 2.75) is 0 Å². The maximum absolute atomic E-state index is 10.7. The van der Waals surface area contributed by atoms with Gasteiger partial charge in [-0.3, -0.25) is 9.78 Å². The van der Waals surface area contributed by atoms with Crippen LogP contribution in [0.2, 0.25) is 0 Å². The topological polar surface area (TPSA) is 132 Å². The average molecular weight is 170 g/mol. The molecule has 0 saturated heterocycles. The minimum absolute atomic E-state index is 0.574. The molecule has 1 aromatic heterocycles. The van der Waals surface area contributed by atoms with E-state index in [1.807, 2.05) is 4.98 Å². The van der Waals surface area contributed by atoms with Gasteiger partial charge in [0.25, 0.3) is 5.56 Å². The van der Waals surface area contributed by atoms with Gasteiger partial charge in [-0.05, 0) is 0 Å². The highest BCUT2D eigenvalue weighted by Crippen LogP contribution is 1.94. The Kier molecular flexibility index (Phi) is 1.70. The fourth-order valence-corrected chi connectivity index (χ4v) is 0.657. The zero-order valence-electron chi connectivity index (χ0n) is 5.71. The van der Waals surface area contributed by atoms with Crippen LogP contribution in [0.5, 0.6) is 0 Å². The van der Waals surface area contributed by atoms with Crippen molar-refractivity contribution in [1.82, 2.24) is 9.97 Å². The van der Waals surface area contributed by atoms with Crippen LogP contribution in [0.3, 0.4) is 0 Å². The Morgan fingerprint density at radius 1 is 1.33 bits per heavy atom. The second-order valence-corrected chi connectivity index (χ2v) is 1.98. The number of nitrogens with two attached hydrogens (primary N) is 1. The third-order valence-corrected chi connectivity index (χ3v) is 1.18. The molecule has 4 N–H and O–H groups in total. The highest BCUT2D eigenvalue weighted by atomic mass is 16.4. The van der Waals surface area contributed by atoms with E-state index in [-0.39, 0.29) is 0 Å². The van der Waals surface area contributed by atoms with E-state index in [4.69, 9.17) is 5.73 Å². The molecule has 0 aromatic carbocycles. The summed E-state index contributed by atoms with van der Waals surface area (Å²) in [5, 5.41) is 10.2. The van der Waals surface area contributed by atoms with Gasteiger partial charge >= 0.3 is 5.69 Å². The first kappa shape index (κ1) is 8.05. The van der Waals surface area contributed by atoms with Crippen molar-refractivity contribution in [3.05, 3.63) is 26.5 Å². The predicted octanol–water partition coefficient (Wildman–Crippen LogP) is -2.99. The van der Waals surface area contributed by atoms with Crippen LogP contribution in [0.15, 0.2) is 9.59 Å². The molecule has 0 bridgehead atoms. The van der Waals surface area contributed by atoms with Gasteiger partial charge in [-0.25, -0.2) is 4.79 Å². The number of hydrogen-bond acceptors (Lipinski definition) is 5. The molecule has 7 heteroatoms. The van der Waals surface area contributed by atoms with Crippen LogP contribution in [0.1, 0.15) is 10.5 Å². The fraction of sp³-hybridized carbons (Fsp3) is 0. The number of aromatic amines is 2. The van der Waals surface area contributed by atoms with Gasteiger partial charge in [0.1, 0.15) is 5.69 Å². The normalized spacial score (nSPS) is 9.67. The van der Waals surface area contributed by atoms with Gasteiger partial charge in [-0.2, -0.15) is 0 Å². The van der Waals surface area contributed by atoms with Gasteiger partial charge in [0.05, 0.1) is 11.7 Å². The van der Waals surface area contributed by atoms with Crippen molar-refractivity contribution >= 4 is 11.7 Å². The van der Waals surface area contributed by atoms with Crippen LogP contribution in [0.4, 0.5) is 5.69 Å². The zero-order valence-corrected chi connectivity index (χ0v) is 5.71. The Bertz CT molecular complexity index is 429. The zero-order chi connectivity index (χ0) is 9.30. The maximum atomic E-state index is 10.7. The summed E-state index contributed by atoms with van der Waals surface area (Å²) in [6.45, 7) is 0. The van der Waals surface area contributed by atoms with Crippen LogP contribution in [-0.2, 0) is 0 Å². The van der Waals surface area contributed by atoms with E-state index in [0.717, 1.165) is 0 Å². The molecule has 12 heavy (non-hydrogen) atoms. The van der Waals surface area contributed by atoms with Crippen molar-refractivity contribution in [2.24, 2.45) is 0 Å². The Morgan fingerprint density at radius 3 is 2.42 bits per heavy atom. The highest BCUT2D eigenvalue weighted by Gasteiger charge is 2.04. The first-order valence-corrected chi connectivity index (χ1v) is 2.86. The summed E-state index contributed by atoms with van der Waals surface area (Å²) in [6, 6.07) is 0. The molecule has 0 amide bonds. The molecule has 0 fully saturated rings. The molecular weight excluding hydrogens is 166 g/mol. The van der Waals surface area contributed by atoms with Crippen LogP contribution < -0.4 is 22.1 Å². The smallest absolute Gasteiger partial charge is 0.326 e. The van der Waals surface area contributed by atoms with Crippen LogP contribution >= 0.6 is 0 Å². The second kappa shape index (κ2) is 2.53. The number of nitrogen functional groups attached to an aromatic ring is 1. The molecule has 0 saturated carbocycles. The molecule has 1 aromatic rings. The summed E-state index contributed by atoms with van der Waals surface area (Å²) in [4.78, 5) is 35.0. The summed E-state index contributed by atoms with van der Waals surface area (Å²) in [5.74, 6) is -1.70. The Balaban J connectivity index is 3.59. The monoisotopic (exact) mass is 170 g/mol. The SMILES string of the molecule is Nc1c(C(=O)[O-])[nH]c(=O)[nH]c1=O. The van der Waals surface area contributed by atoms with Gasteiger partial charge in [0.2, 0.25) is 0 Å². The van der Waals surface area contributed by atoms with Crippen molar-refractivity contribution < 1.29 is 9.90 Å². The van der Waals surface area contributed by atoms with E-state index < -0.39 is 28.6 Å². The second-order valence-electron chi connectivity index (χ2n) is 1.98. The van der Waals surface area contributed by atoms with Gasteiger partial charge in [-0.15, -0.1) is 0 Å². The van der Waals surface area contributed by atoms with Crippen molar-refractivity contribution in [3.8, 4) is 0 Å². The number of rotatable bonds is 1. The molecule has 0 spiro atoms. The number of nitrogens with one attached hydrogen (secondary N) is 2. The summed E-state index contributed by atoms with van der Waals surface area (Å²) in [5.41, 5.74) is 1.86. The molecule has 0 aliphatic heterocycles. The first-order chi connectivity index (χ1) is 5.52. The highest BCUT2D eigenvalue weighted by molar-refractivity contribution is 5.89. The van der Waals surface area contributed by atoms with E-state index in [9.17, 15) is 19.5 Å². The third-order valence-electron chi connectivity index (χ3n) is 1.18. The lowest BCUT2D eigenvalue weighted by molar-refractivity contribution is -0.255. The number of aromatic carboxylic acids is 1. The number of carbonyl (C=O) groups is 1. The summed E-state index contributed by atoms with van der Waals surface area (Å²) >= 11 is 0. The molecule has 0 unspecified atom stereocenters. The largest absolute Gasteiger partial charge is 0.543 e. The lowest BCUT2D eigenvalue weighted by atomic mass is 10.3. The van der Waals surface area contributed by atoms with E-state index in [1.165, 1.54) is 0 Å². The Morgan fingerprint density at radius 2 is 1.92 bits per heavy atom. The molecule has 1 heterocycles. The number of carbonyl (C=O) groups excluding carboxylic acids is 1. The standard InChI is InChI=1S/C5H5N3O4/c6-1-2(4(10)11)7-5(12)8-3(1)9/h6H2,(H,10,11)(H2,7,8,9,12)/p-1. The quantitative estimate of drug-likeness (QED) is 0.413. The van der Waals surface area contributed by atoms with Crippen LogP contribution in [0, 0.1) is 0 Å². The Hall–Kier alpha value is -2.05. The molecule has 64 valence electrons. The summed E-state index contributed by atoms with van der Waals surface area (Å²) in [7, 11) is 0. The van der Waals surface area contributed by atoms with Crippen LogP contribution in [-0.4, -0.2) is 15.9 Å². The van der Waals surface area contributed by atoms with Gasteiger partial charge in [0, 0.05) is 0 Å². The van der Waals surface area contributed by atoms with Crippen LogP contribution in [0.25, 0.3) is 0 Å². The number of anilines is 1. The first-order valence-electron chi connectivity index (χ1n) is 2.86. The number of H-pyrrole nitrogens is 2. The van der Waals surface area contributed by atoms with E-state index >= 15 is 0 Å². The lowest BCUT2D eigenvalue weighted by Crippen LogP contribution is -2.34. The summed E-state index contributed by atoms with van der Waals surface area (Å²) < 4.78 is 0. The molecule has 0 radical (unpaired) electrons. The number of hydrogen-bond donors (Lipinski definition) is 3. The number of aromatic nitrogens is 2. The predicted molar refractivity (Wildman–Crippen MR) is 36.4 cm³/mol. The molecule has 7 nitrogen and oxygen atoms in total. The molecule has 1 rings (SSSR count). The minimum atomic E-state index is -1.70. The molecular formula is C5H4N3O4-. The average Bonchev–Trinajstić information content (AvgIpc) is 1.96. The minimum Gasteiger partial charge on any atom is -0.543 e. The Labute approximate surface area is 64.9 Å². The van der Waals surface area contributed by atoms with E-state index in [2.05, 4.69) is 0 Å². The molecule has 0 aliphatic carbocycles. The maximum Gasteiger partial charge on any atom is 0.326 e. The van der Waals surface area contributed by atoms with E-state index in [1.54, 1.807) is 4.98 Å². The van der Waals surface area contributed by atoms with Gasteiger partial charge in [-0.1, -0.05) is 0 Å². The summed E-state index contributed by atoms with van der Waals surface area (Å²) in [6.07, 6.45) is 0. The molecule has 0 aliphatic rings. The van der Waals surface area contributed by atoms with Gasteiger partial charge < -0.3 is 20.6 Å². The van der Waals surface area contributed by atoms with Gasteiger partial charge in [0.15, 0.2) is 0 Å². The molecule has 0 atom stereocenters. The number of carboxylic acids is 1. The lowest BCUT2D eigenvalue weighted by Gasteiger charge is -2.02. The van der Waals surface area contributed by atoms with Crippen molar-refractivity contribution in [3.63, 3.8) is 0 Å². The van der Waals surface area contributed by atoms with E-state index in [0.29, 0.717) is 0 Å². The van der Waals surface area contributed by atoms with Crippen molar-refractivity contribution in [1.29, 1.82) is 0 Å². The fourth-order valence-electron chi connectivity index (χ4n) is 0.657. The van der Waals surface area contributed by atoms with Crippen molar-refractivity contribution in [2.75, 3.05) is 5.73 Å².